The van der Waals surface area contributed by atoms with Crippen LogP contribution in [0, 0.1) is 0 Å². The van der Waals surface area contributed by atoms with Crippen molar-refractivity contribution >= 4 is 23.9 Å². The van der Waals surface area contributed by atoms with Gasteiger partial charge in [0.05, 0.1) is 99.5 Å². The number of hydrogen-bond donors (Lipinski definition) is 8. The average Bonchev–Trinajstić information content (AvgIpc) is 3.45. The standard InChI is InChI=1S/C59H72O16/c60-36-52(64)10-2-1-6-26-72-56(68)48-30-46(31-49(34-48)57(69)73-27-7-3-11-53(65)37-61)44-22-18-42(19-23-44)40-14-16-41(17-15-40)43-20-24-45(25-21-43)47-32-50(58(70)74-28-8-4-12-54(66)38-62)35-51(33-47)59(71)75-29-9-5-13-55(67)39-63/h14-25,30-35,52-55,60-67H,1-13,26-29,36-39H2. The molecule has 5 aromatic carbocycles. The SMILES string of the molecule is O=C(OCCCCCC(O)CO)c1cc(C(=O)OCCCCC(O)CO)cc(-c2ccc(-c3ccc(-c4ccc(-c5cc(C(=O)OCCCCC(O)CO)cc(C(=O)OCCCCC(O)CO)c5)cc4)cc3)cc2)c1. The van der Waals surface area contributed by atoms with Crippen molar-refractivity contribution in [2.45, 2.75) is 108 Å². The fourth-order valence-corrected chi connectivity index (χ4v) is 8.09. The predicted octanol–water partition coefficient (Wildman–Crippen LogP) is 7.47. The van der Waals surface area contributed by atoms with Crippen molar-refractivity contribution in [3.8, 4) is 44.5 Å². The van der Waals surface area contributed by atoms with E-state index in [1.807, 2.05) is 72.8 Å². The van der Waals surface area contributed by atoms with E-state index in [1.165, 1.54) is 12.1 Å². The molecule has 4 atom stereocenters. The highest BCUT2D eigenvalue weighted by atomic mass is 16.5. The van der Waals surface area contributed by atoms with Crippen molar-refractivity contribution in [3.05, 3.63) is 131 Å². The summed E-state index contributed by atoms with van der Waals surface area (Å²) in [6, 6.07) is 32.8. The van der Waals surface area contributed by atoms with E-state index in [9.17, 15) is 39.6 Å². The Morgan fingerprint density at radius 2 is 0.493 bits per heavy atom. The minimum atomic E-state index is -0.836. The van der Waals surface area contributed by atoms with E-state index in [0.29, 0.717) is 94.6 Å². The van der Waals surface area contributed by atoms with Crippen molar-refractivity contribution in [2.75, 3.05) is 52.9 Å². The van der Waals surface area contributed by atoms with Crippen LogP contribution in [0.25, 0.3) is 44.5 Å². The van der Waals surface area contributed by atoms with Gasteiger partial charge in [-0.3, -0.25) is 0 Å². The first-order chi connectivity index (χ1) is 36.3. The van der Waals surface area contributed by atoms with Crippen LogP contribution >= 0.6 is 0 Å². The molecule has 0 saturated carbocycles. The Morgan fingerprint density at radius 3 is 0.720 bits per heavy atom. The highest BCUT2D eigenvalue weighted by Gasteiger charge is 2.19. The molecule has 75 heavy (non-hydrogen) atoms. The van der Waals surface area contributed by atoms with Crippen LogP contribution in [0.4, 0.5) is 0 Å². The summed E-state index contributed by atoms with van der Waals surface area (Å²) in [7, 11) is 0. The lowest BCUT2D eigenvalue weighted by molar-refractivity contribution is 0.0466. The summed E-state index contributed by atoms with van der Waals surface area (Å²) in [5.74, 6) is -2.48. The van der Waals surface area contributed by atoms with Crippen molar-refractivity contribution in [1.82, 2.24) is 0 Å². The molecule has 5 aromatic rings. The van der Waals surface area contributed by atoms with Gasteiger partial charge in [-0.25, -0.2) is 19.2 Å². The first-order valence-corrected chi connectivity index (χ1v) is 25.8. The summed E-state index contributed by atoms with van der Waals surface area (Å²) in [6.07, 6.45) is 3.23. The second-order valence-corrected chi connectivity index (χ2v) is 18.6. The van der Waals surface area contributed by atoms with E-state index >= 15 is 0 Å². The summed E-state index contributed by atoms with van der Waals surface area (Å²) >= 11 is 0. The smallest absolute Gasteiger partial charge is 0.338 e. The first kappa shape index (κ1) is 59.5. The predicted molar refractivity (Wildman–Crippen MR) is 282 cm³/mol. The maximum atomic E-state index is 13.3. The van der Waals surface area contributed by atoms with Gasteiger partial charge in [-0.2, -0.15) is 0 Å². The van der Waals surface area contributed by atoms with E-state index in [1.54, 1.807) is 24.3 Å². The maximum absolute atomic E-state index is 13.3. The van der Waals surface area contributed by atoms with Gasteiger partial charge in [0.25, 0.3) is 0 Å². The summed E-state index contributed by atoms with van der Waals surface area (Å²) in [4.78, 5) is 53.0. The summed E-state index contributed by atoms with van der Waals surface area (Å²) in [6.45, 7) is -0.940. The highest BCUT2D eigenvalue weighted by Crippen LogP contribution is 2.31. The third-order valence-electron chi connectivity index (χ3n) is 12.5. The second kappa shape index (κ2) is 32.2. The molecule has 0 spiro atoms. The third kappa shape index (κ3) is 20.0. The van der Waals surface area contributed by atoms with Crippen LogP contribution in [0.15, 0.2) is 109 Å². The molecule has 5 rings (SSSR count). The number of benzene rings is 5. The quantitative estimate of drug-likeness (QED) is 0.0115. The monoisotopic (exact) mass is 1040 g/mol. The maximum Gasteiger partial charge on any atom is 0.338 e. The number of carbonyl (C=O) groups excluding carboxylic acids is 4. The van der Waals surface area contributed by atoms with Crippen LogP contribution < -0.4 is 0 Å². The highest BCUT2D eigenvalue weighted by molar-refractivity contribution is 5.99. The number of ether oxygens (including phenoxy) is 4. The van der Waals surface area contributed by atoms with Gasteiger partial charge in [0, 0.05) is 0 Å². The molecule has 16 heteroatoms. The van der Waals surface area contributed by atoms with Gasteiger partial charge in [-0.15, -0.1) is 0 Å². The molecular formula is C59H72O16. The lowest BCUT2D eigenvalue weighted by Gasteiger charge is -2.12. The van der Waals surface area contributed by atoms with Gasteiger partial charge in [-0.05, 0) is 158 Å². The largest absolute Gasteiger partial charge is 0.462 e. The van der Waals surface area contributed by atoms with Crippen molar-refractivity contribution < 1.29 is 79.0 Å². The molecule has 0 amide bonds. The molecule has 404 valence electrons. The number of unbranched alkanes of at least 4 members (excludes halogenated alkanes) is 5. The minimum absolute atomic E-state index is 0.0850. The molecule has 0 heterocycles. The molecule has 0 bridgehead atoms. The molecule has 0 fully saturated rings. The topological polar surface area (TPSA) is 267 Å². The first-order valence-electron chi connectivity index (χ1n) is 25.8. The Labute approximate surface area is 438 Å². The zero-order valence-electron chi connectivity index (χ0n) is 42.4. The van der Waals surface area contributed by atoms with E-state index in [0.717, 1.165) is 33.4 Å². The van der Waals surface area contributed by atoms with Gasteiger partial charge in [0.2, 0.25) is 0 Å². The Bertz CT molecular complexity index is 2480. The van der Waals surface area contributed by atoms with Crippen LogP contribution in [0.2, 0.25) is 0 Å². The fraction of sp³-hybridized carbons (Fsp3) is 0.424. The lowest BCUT2D eigenvalue weighted by Crippen LogP contribution is -2.13. The Kier molecular flexibility index (Phi) is 25.5. The van der Waals surface area contributed by atoms with E-state index in [2.05, 4.69) is 0 Å². The van der Waals surface area contributed by atoms with Gasteiger partial charge < -0.3 is 59.8 Å². The molecule has 0 aromatic heterocycles. The third-order valence-corrected chi connectivity index (χ3v) is 12.5. The number of carbonyl (C=O) groups is 4. The Hall–Kier alpha value is -6.34. The number of hydrogen-bond acceptors (Lipinski definition) is 16. The van der Waals surface area contributed by atoms with Crippen LogP contribution in [0.1, 0.15) is 125 Å². The molecule has 4 unspecified atom stereocenters. The Balaban J connectivity index is 1.29. The molecule has 16 nitrogen and oxygen atoms in total. The number of rotatable bonds is 33. The normalized spacial score (nSPS) is 12.9. The van der Waals surface area contributed by atoms with Gasteiger partial charge in [0.15, 0.2) is 0 Å². The summed E-state index contributed by atoms with van der Waals surface area (Å²) in [5, 5.41) is 74.7. The van der Waals surface area contributed by atoms with E-state index in [-0.39, 0.29) is 75.1 Å². The van der Waals surface area contributed by atoms with Crippen LogP contribution in [-0.4, -0.2) is 142 Å². The molecule has 0 saturated heterocycles. The average molecular weight is 1040 g/mol. The number of aliphatic hydroxyl groups is 8. The zero-order valence-corrected chi connectivity index (χ0v) is 42.4. The van der Waals surface area contributed by atoms with E-state index < -0.39 is 48.3 Å². The second-order valence-electron chi connectivity index (χ2n) is 18.6. The van der Waals surface area contributed by atoms with Gasteiger partial charge >= 0.3 is 23.9 Å². The van der Waals surface area contributed by atoms with Crippen LogP contribution in [0.3, 0.4) is 0 Å². The zero-order chi connectivity index (χ0) is 54.0. The molecule has 0 radical (unpaired) electrons. The summed E-state index contributed by atoms with van der Waals surface area (Å²) in [5.41, 5.74) is 7.03. The van der Waals surface area contributed by atoms with Gasteiger partial charge in [0.1, 0.15) is 0 Å². The molecule has 8 N–H and O–H groups in total. The lowest BCUT2D eigenvalue weighted by atomic mass is 9.95. The molecule has 0 aliphatic carbocycles. The minimum Gasteiger partial charge on any atom is -0.462 e. The van der Waals surface area contributed by atoms with E-state index in [4.69, 9.17) is 39.4 Å². The van der Waals surface area contributed by atoms with Crippen molar-refractivity contribution in [1.29, 1.82) is 0 Å². The van der Waals surface area contributed by atoms with Crippen LogP contribution in [-0.2, 0) is 18.9 Å². The fourth-order valence-electron chi connectivity index (χ4n) is 8.09. The van der Waals surface area contributed by atoms with Gasteiger partial charge in [-0.1, -0.05) is 79.2 Å². The molecule has 0 aliphatic rings. The number of esters is 4. The van der Waals surface area contributed by atoms with Crippen LogP contribution in [0.5, 0.6) is 0 Å². The van der Waals surface area contributed by atoms with Crippen molar-refractivity contribution in [2.24, 2.45) is 0 Å². The summed E-state index contributed by atoms with van der Waals surface area (Å²) < 4.78 is 22.1. The molecule has 0 aliphatic heterocycles. The molecular weight excluding hydrogens is 965 g/mol. The van der Waals surface area contributed by atoms with Crippen molar-refractivity contribution in [3.63, 3.8) is 0 Å². The Morgan fingerprint density at radius 1 is 0.293 bits per heavy atom. The number of aliphatic hydroxyl groups excluding tert-OH is 8.